The lowest BCUT2D eigenvalue weighted by Crippen LogP contribution is -2.35. The zero-order valence-corrected chi connectivity index (χ0v) is 11.3. The number of rotatable bonds is 3. The Kier molecular flexibility index (Phi) is 4.21. The number of amidine groups is 1. The van der Waals surface area contributed by atoms with Crippen LogP contribution in [0.15, 0.2) is 17.3 Å². The largest absolute Gasteiger partial charge is 0.474 e. The van der Waals surface area contributed by atoms with Crippen LogP contribution in [0.3, 0.4) is 0 Å². The van der Waals surface area contributed by atoms with E-state index in [9.17, 15) is 0 Å². The van der Waals surface area contributed by atoms with E-state index in [0.29, 0.717) is 11.4 Å². The van der Waals surface area contributed by atoms with Crippen molar-refractivity contribution in [3.8, 4) is 5.88 Å². The van der Waals surface area contributed by atoms with Gasteiger partial charge in [0.1, 0.15) is 6.10 Å². The van der Waals surface area contributed by atoms with Gasteiger partial charge in [-0.05, 0) is 32.9 Å². The second kappa shape index (κ2) is 5.88. The highest BCUT2D eigenvalue weighted by molar-refractivity contribution is 5.97. The van der Waals surface area contributed by atoms with Gasteiger partial charge in [-0.2, -0.15) is 0 Å². The molecule has 0 spiro atoms. The van der Waals surface area contributed by atoms with Gasteiger partial charge in [-0.25, -0.2) is 4.98 Å². The van der Waals surface area contributed by atoms with E-state index in [-0.39, 0.29) is 11.9 Å². The SMILES string of the molecule is Cc1cc(/C(N)=N/O)cc(OC2CCN(C)CC2)n1. The van der Waals surface area contributed by atoms with Crippen molar-refractivity contribution in [1.82, 2.24) is 9.88 Å². The summed E-state index contributed by atoms with van der Waals surface area (Å²) in [4.78, 5) is 6.62. The minimum atomic E-state index is 0.0683. The molecule has 19 heavy (non-hydrogen) atoms. The van der Waals surface area contributed by atoms with Gasteiger partial charge >= 0.3 is 0 Å². The van der Waals surface area contributed by atoms with Gasteiger partial charge in [0.2, 0.25) is 5.88 Å². The van der Waals surface area contributed by atoms with Crippen LogP contribution in [0.4, 0.5) is 0 Å². The van der Waals surface area contributed by atoms with Crippen molar-refractivity contribution >= 4 is 5.84 Å². The monoisotopic (exact) mass is 264 g/mol. The molecule has 0 aliphatic carbocycles. The van der Waals surface area contributed by atoms with Gasteiger partial charge in [-0.1, -0.05) is 5.16 Å². The number of likely N-dealkylation sites (tertiary alicyclic amines) is 1. The van der Waals surface area contributed by atoms with Crippen LogP contribution in [0.25, 0.3) is 0 Å². The van der Waals surface area contributed by atoms with Crippen LogP contribution < -0.4 is 10.5 Å². The van der Waals surface area contributed by atoms with E-state index in [1.165, 1.54) is 0 Å². The Morgan fingerprint density at radius 3 is 2.79 bits per heavy atom. The summed E-state index contributed by atoms with van der Waals surface area (Å²) in [6.45, 7) is 3.92. The average Bonchev–Trinajstić information content (AvgIpc) is 2.40. The van der Waals surface area contributed by atoms with Gasteiger partial charge in [0.15, 0.2) is 5.84 Å². The fraction of sp³-hybridized carbons (Fsp3) is 0.538. The average molecular weight is 264 g/mol. The summed E-state index contributed by atoms with van der Waals surface area (Å²) in [6.07, 6.45) is 2.17. The fourth-order valence-corrected chi connectivity index (χ4v) is 2.18. The number of nitrogens with two attached hydrogens (primary N) is 1. The third-order valence-corrected chi connectivity index (χ3v) is 3.29. The van der Waals surface area contributed by atoms with E-state index in [4.69, 9.17) is 15.7 Å². The molecule has 0 amide bonds. The molecule has 1 aromatic heterocycles. The number of oxime groups is 1. The molecule has 0 saturated carbocycles. The molecule has 1 fully saturated rings. The minimum absolute atomic E-state index is 0.0683. The topological polar surface area (TPSA) is 84.0 Å². The number of piperidine rings is 1. The van der Waals surface area contributed by atoms with E-state index in [1.54, 1.807) is 12.1 Å². The number of hydrogen-bond acceptors (Lipinski definition) is 5. The third kappa shape index (κ3) is 3.57. The summed E-state index contributed by atoms with van der Waals surface area (Å²) in [6, 6.07) is 3.47. The van der Waals surface area contributed by atoms with Crippen molar-refractivity contribution in [1.29, 1.82) is 0 Å². The zero-order chi connectivity index (χ0) is 13.8. The van der Waals surface area contributed by atoms with Crippen molar-refractivity contribution < 1.29 is 9.94 Å². The predicted octanol–water partition coefficient (Wildman–Crippen LogP) is 0.958. The summed E-state index contributed by atoms with van der Waals surface area (Å²) >= 11 is 0. The maximum Gasteiger partial charge on any atom is 0.214 e. The van der Waals surface area contributed by atoms with Crippen molar-refractivity contribution in [3.63, 3.8) is 0 Å². The Hall–Kier alpha value is -1.82. The number of hydrogen-bond donors (Lipinski definition) is 2. The first-order valence-corrected chi connectivity index (χ1v) is 6.40. The maximum atomic E-state index is 8.72. The Balaban J connectivity index is 2.10. The minimum Gasteiger partial charge on any atom is -0.474 e. The van der Waals surface area contributed by atoms with Crippen LogP contribution in [0.5, 0.6) is 5.88 Å². The van der Waals surface area contributed by atoms with Crippen LogP contribution in [0, 0.1) is 6.92 Å². The number of ether oxygens (including phenoxy) is 1. The van der Waals surface area contributed by atoms with Crippen molar-refractivity contribution in [2.24, 2.45) is 10.9 Å². The lowest BCUT2D eigenvalue weighted by Gasteiger charge is -2.29. The molecule has 3 N–H and O–H groups in total. The molecule has 1 aliphatic rings. The molecule has 2 heterocycles. The number of aryl methyl sites for hydroxylation is 1. The van der Waals surface area contributed by atoms with Gasteiger partial charge in [0, 0.05) is 30.4 Å². The molecule has 0 aromatic carbocycles. The van der Waals surface area contributed by atoms with Crippen molar-refractivity contribution in [3.05, 3.63) is 23.4 Å². The first-order valence-electron chi connectivity index (χ1n) is 6.40. The summed E-state index contributed by atoms with van der Waals surface area (Å²) in [7, 11) is 2.11. The van der Waals surface area contributed by atoms with Crippen LogP contribution in [0.1, 0.15) is 24.1 Å². The Labute approximate surface area is 112 Å². The Morgan fingerprint density at radius 1 is 1.47 bits per heavy atom. The standard InChI is InChI=1S/C13H20N4O2/c1-9-7-10(13(14)16-18)8-12(15-9)19-11-3-5-17(2)6-4-11/h7-8,11,18H,3-6H2,1-2H3,(H2,14,16). The molecule has 0 radical (unpaired) electrons. The molecule has 1 aromatic rings. The molecule has 0 bridgehead atoms. The zero-order valence-electron chi connectivity index (χ0n) is 11.3. The Morgan fingerprint density at radius 2 is 2.16 bits per heavy atom. The number of aromatic nitrogens is 1. The maximum absolute atomic E-state index is 8.72. The van der Waals surface area contributed by atoms with Gasteiger partial charge in [0.25, 0.3) is 0 Å². The molecule has 0 unspecified atom stereocenters. The fourth-order valence-electron chi connectivity index (χ4n) is 2.18. The van der Waals surface area contributed by atoms with Gasteiger partial charge in [0.05, 0.1) is 0 Å². The number of pyridine rings is 1. The van der Waals surface area contributed by atoms with Crippen LogP contribution in [-0.4, -0.2) is 47.2 Å². The van der Waals surface area contributed by atoms with Crippen molar-refractivity contribution in [2.75, 3.05) is 20.1 Å². The highest BCUT2D eigenvalue weighted by Crippen LogP contribution is 2.18. The van der Waals surface area contributed by atoms with E-state index >= 15 is 0 Å². The van der Waals surface area contributed by atoms with Gasteiger partial charge in [-0.15, -0.1) is 0 Å². The normalized spacial score (nSPS) is 18.5. The highest BCUT2D eigenvalue weighted by Gasteiger charge is 2.19. The first kappa shape index (κ1) is 13.6. The predicted molar refractivity (Wildman–Crippen MR) is 72.6 cm³/mol. The van der Waals surface area contributed by atoms with E-state index < -0.39 is 0 Å². The molecule has 1 aliphatic heterocycles. The second-order valence-corrected chi connectivity index (χ2v) is 4.94. The third-order valence-electron chi connectivity index (χ3n) is 3.29. The van der Waals surface area contributed by atoms with Gasteiger partial charge < -0.3 is 20.6 Å². The molecule has 104 valence electrons. The van der Waals surface area contributed by atoms with Crippen LogP contribution in [0.2, 0.25) is 0 Å². The summed E-state index contributed by atoms with van der Waals surface area (Å²) in [5.41, 5.74) is 7.00. The summed E-state index contributed by atoms with van der Waals surface area (Å²) < 4.78 is 5.89. The van der Waals surface area contributed by atoms with E-state index in [1.807, 2.05) is 6.92 Å². The first-order chi connectivity index (χ1) is 9.08. The lowest BCUT2D eigenvalue weighted by atomic mass is 10.1. The molecule has 0 atom stereocenters. The second-order valence-electron chi connectivity index (χ2n) is 4.94. The van der Waals surface area contributed by atoms with Crippen LogP contribution >= 0.6 is 0 Å². The molecular weight excluding hydrogens is 244 g/mol. The molecule has 6 nitrogen and oxygen atoms in total. The smallest absolute Gasteiger partial charge is 0.214 e. The van der Waals surface area contributed by atoms with Crippen LogP contribution in [-0.2, 0) is 0 Å². The molecule has 2 rings (SSSR count). The molecular formula is C13H20N4O2. The lowest BCUT2D eigenvalue weighted by molar-refractivity contribution is 0.110. The van der Waals surface area contributed by atoms with Gasteiger partial charge in [-0.3, -0.25) is 0 Å². The van der Waals surface area contributed by atoms with Crippen molar-refractivity contribution in [2.45, 2.75) is 25.9 Å². The quantitative estimate of drug-likeness (QED) is 0.367. The van der Waals surface area contributed by atoms with E-state index in [0.717, 1.165) is 31.6 Å². The summed E-state index contributed by atoms with van der Waals surface area (Å²) in [5, 5.41) is 11.7. The summed E-state index contributed by atoms with van der Waals surface area (Å²) in [5.74, 6) is 0.606. The molecule has 1 saturated heterocycles. The van der Waals surface area contributed by atoms with E-state index in [2.05, 4.69) is 22.1 Å². The highest BCUT2D eigenvalue weighted by atomic mass is 16.5. The number of nitrogens with zero attached hydrogens (tertiary/aromatic N) is 3. The molecule has 6 heteroatoms. The Bertz CT molecular complexity index is 468.